The molecule has 2 spiro atoms. The van der Waals surface area contributed by atoms with E-state index in [-0.39, 0.29) is 22.9 Å². The minimum Gasteiger partial charge on any atom is -0.493 e. The standard InChI is InChI=1S/C28H37NO4/c1-5-25(2,30)20-15-26-10-11-28(20,32-4)24-27(26)12-13-29(16-17-6-7-17)21(26)14-18-8-9-19(31-3)23(33-24)22(18)27/h8-11,17,20-21,24,30H,5-7,12-16H2,1-4H3/t20?,21-,24-,25?,26?,27+,28?/m1/s1. The van der Waals surface area contributed by atoms with Crippen LogP contribution in [-0.2, 0) is 16.6 Å². The lowest BCUT2D eigenvalue weighted by atomic mass is 9.36. The van der Waals surface area contributed by atoms with Crippen LogP contribution < -0.4 is 9.47 Å². The van der Waals surface area contributed by atoms with Gasteiger partial charge in [0.25, 0.3) is 0 Å². The van der Waals surface area contributed by atoms with Gasteiger partial charge in [-0.05, 0) is 69.5 Å². The number of hydrogen-bond donors (Lipinski definition) is 1. The molecule has 5 heteroatoms. The van der Waals surface area contributed by atoms with E-state index in [0.717, 1.165) is 43.2 Å². The van der Waals surface area contributed by atoms with E-state index in [9.17, 15) is 5.11 Å². The van der Waals surface area contributed by atoms with Crippen LogP contribution in [0.5, 0.6) is 11.5 Å². The Balaban J connectivity index is 1.50. The molecule has 2 heterocycles. The lowest BCUT2D eigenvalue weighted by molar-refractivity contribution is -0.248. The summed E-state index contributed by atoms with van der Waals surface area (Å²) in [5.74, 6) is 2.60. The summed E-state index contributed by atoms with van der Waals surface area (Å²) in [4.78, 5) is 2.80. The van der Waals surface area contributed by atoms with Crippen molar-refractivity contribution in [1.82, 2.24) is 4.90 Å². The maximum absolute atomic E-state index is 11.7. The van der Waals surface area contributed by atoms with E-state index in [4.69, 9.17) is 14.2 Å². The second-order valence-corrected chi connectivity index (χ2v) is 11.9. The topological polar surface area (TPSA) is 51.2 Å². The van der Waals surface area contributed by atoms with E-state index >= 15 is 0 Å². The Morgan fingerprint density at radius 1 is 1.24 bits per heavy atom. The number of methoxy groups -OCH3 is 2. The van der Waals surface area contributed by atoms with E-state index in [0.29, 0.717) is 12.5 Å². The lowest BCUT2D eigenvalue weighted by Crippen LogP contribution is -2.80. The van der Waals surface area contributed by atoms with Crippen molar-refractivity contribution >= 4 is 0 Å². The summed E-state index contributed by atoms with van der Waals surface area (Å²) >= 11 is 0. The minimum atomic E-state index is -0.826. The summed E-state index contributed by atoms with van der Waals surface area (Å²) in [5, 5.41) is 11.7. The zero-order valence-corrected chi connectivity index (χ0v) is 20.4. The Morgan fingerprint density at radius 3 is 2.76 bits per heavy atom. The number of likely N-dealkylation sites (tertiary alicyclic amines) is 1. The fourth-order valence-corrected chi connectivity index (χ4v) is 8.88. The number of hydrogen-bond acceptors (Lipinski definition) is 5. The molecule has 2 saturated carbocycles. The molecular formula is C28H37NO4. The van der Waals surface area contributed by atoms with Crippen LogP contribution in [0.25, 0.3) is 0 Å². The van der Waals surface area contributed by atoms with Crippen LogP contribution in [0.4, 0.5) is 0 Å². The highest BCUT2D eigenvalue weighted by Gasteiger charge is 2.80. The van der Waals surface area contributed by atoms with Crippen LogP contribution >= 0.6 is 0 Å². The van der Waals surface area contributed by atoms with Crippen LogP contribution in [-0.4, -0.2) is 60.7 Å². The molecule has 4 bridgehead atoms. The molecule has 1 aromatic rings. The summed E-state index contributed by atoms with van der Waals surface area (Å²) in [5.41, 5.74) is 1.15. The predicted molar refractivity (Wildman–Crippen MR) is 126 cm³/mol. The molecule has 0 aromatic heterocycles. The van der Waals surface area contributed by atoms with Gasteiger partial charge in [-0.25, -0.2) is 0 Å². The van der Waals surface area contributed by atoms with E-state index in [1.54, 1.807) is 7.11 Å². The third-order valence-corrected chi connectivity index (χ3v) is 10.8. The van der Waals surface area contributed by atoms with Crippen LogP contribution in [0.2, 0.25) is 0 Å². The van der Waals surface area contributed by atoms with Crippen molar-refractivity contribution in [3.63, 3.8) is 0 Å². The molecule has 5 nitrogen and oxygen atoms in total. The number of fused-ring (bicyclic) bond motifs is 1. The van der Waals surface area contributed by atoms with E-state index in [1.807, 2.05) is 14.0 Å². The first kappa shape index (κ1) is 20.8. The Labute approximate surface area is 197 Å². The number of aliphatic hydroxyl groups is 1. The van der Waals surface area contributed by atoms with Gasteiger partial charge in [-0.15, -0.1) is 0 Å². The van der Waals surface area contributed by atoms with Gasteiger partial charge in [-0.2, -0.15) is 0 Å². The zero-order chi connectivity index (χ0) is 22.8. The van der Waals surface area contributed by atoms with Gasteiger partial charge in [-0.3, -0.25) is 4.90 Å². The van der Waals surface area contributed by atoms with E-state index in [1.165, 1.54) is 30.5 Å². The lowest BCUT2D eigenvalue weighted by Gasteiger charge is -2.72. The normalized spacial score (nSPS) is 43.7. The summed E-state index contributed by atoms with van der Waals surface area (Å²) in [6.45, 7) is 6.42. The Bertz CT molecular complexity index is 1050. The van der Waals surface area contributed by atoms with Gasteiger partial charge >= 0.3 is 0 Å². The average Bonchev–Trinajstić information content (AvgIpc) is 3.57. The van der Waals surface area contributed by atoms with Gasteiger partial charge in [-0.1, -0.05) is 25.1 Å². The summed E-state index contributed by atoms with van der Waals surface area (Å²) in [7, 11) is 3.55. The monoisotopic (exact) mass is 451 g/mol. The third kappa shape index (κ3) is 2.21. The van der Waals surface area contributed by atoms with Gasteiger partial charge in [0, 0.05) is 36.6 Å². The van der Waals surface area contributed by atoms with Crippen LogP contribution in [0, 0.1) is 17.3 Å². The maximum Gasteiger partial charge on any atom is 0.166 e. The highest BCUT2D eigenvalue weighted by Crippen LogP contribution is 2.75. The van der Waals surface area contributed by atoms with Crippen LogP contribution in [0.15, 0.2) is 24.3 Å². The third-order valence-electron chi connectivity index (χ3n) is 10.8. The molecule has 5 aliphatic carbocycles. The first-order valence-corrected chi connectivity index (χ1v) is 13.0. The van der Waals surface area contributed by atoms with E-state index < -0.39 is 11.2 Å². The SMILES string of the molecule is CCC(C)(O)C1CC23C=CC1(OC)[C@@H]1Oc4c(OC)ccc5c4[C@@]12CCN(CC1CC1)[C@@H]3C5. The molecule has 2 aliphatic heterocycles. The van der Waals surface area contributed by atoms with Crippen LogP contribution in [0.3, 0.4) is 0 Å². The number of nitrogens with zero attached hydrogens (tertiary/aromatic N) is 1. The molecule has 8 rings (SSSR count). The zero-order valence-electron chi connectivity index (χ0n) is 20.4. The fraction of sp³-hybridized carbons (Fsp3) is 0.714. The van der Waals surface area contributed by atoms with Crippen molar-refractivity contribution in [2.24, 2.45) is 17.3 Å². The largest absolute Gasteiger partial charge is 0.493 e. The molecule has 1 aromatic carbocycles. The molecule has 1 N–H and O–H groups in total. The van der Waals surface area contributed by atoms with Crippen molar-refractivity contribution < 1.29 is 19.3 Å². The van der Waals surface area contributed by atoms with Crippen molar-refractivity contribution in [1.29, 1.82) is 0 Å². The number of piperidine rings is 1. The number of benzene rings is 1. The fourth-order valence-electron chi connectivity index (χ4n) is 8.88. The Morgan fingerprint density at radius 2 is 2.06 bits per heavy atom. The van der Waals surface area contributed by atoms with Gasteiger partial charge in [0.1, 0.15) is 11.7 Å². The first-order chi connectivity index (χ1) is 15.9. The molecule has 33 heavy (non-hydrogen) atoms. The molecule has 178 valence electrons. The molecule has 4 unspecified atom stereocenters. The number of rotatable bonds is 6. The summed E-state index contributed by atoms with van der Waals surface area (Å²) in [6.07, 6.45) is 11.2. The summed E-state index contributed by atoms with van der Waals surface area (Å²) in [6, 6.07) is 4.82. The Kier molecular flexibility index (Phi) is 4.00. The van der Waals surface area contributed by atoms with Gasteiger partial charge in [0.2, 0.25) is 0 Å². The molecular weight excluding hydrogens is 414 g/mol. The Hall–Kier alpha value is -1.56. The molecule has 7 aliphatic rings. The second-order valence-electron chi connectivity index (χ2n) is 11.9. The van der Waals surface area contributed by atoms with Crippen molar-refractivity contribution in [2.45, 2.75) is 81.1 Å². The highest BCUT2D eigenvalue weighted by molar-refractivity contribution is 5.65. The smallest absolute Gasteiger partial charge is 0.166 e. The maximum atomic E-state index is 11.7. The van der Waals surface area contributed by atoms with Gasteiger partial charge in [0.05, 0.1) is 18.1 Å². The quantitative estimate of drug-likeness (QED) is 0.666. The molecule has 3 fully saturated rings. The molecule has 7 atom stereocenters. The van der Waals surface area contributed by atoms with Crippen LogP contribution in [0.1, 0.15) is 57.1 Å². The highest BCUT2D eigenvalue weighted by atomic mass is 16.6. The van der Waals surface area contributed by atoms with Gasteiger partial charge in [0.15, 0.2) is 11.5 Å². The van der Waals surface area contributed by atoms with E-state index in [2.05, 4.69) is 36.1 Å². The molecule has 1 saturated heterocycles. The predicted octanol–water partition coefficient (Wildman–Crippen LogP) is 3.86. The van der Waals surface area contributed by atoms with Crippen molar-refractivity contribution in [2.75, 3.05) is 27.3 Å². The van der Waals surface area contributed by atoms with Gasteiger partial charge < -0.3 is 19.3 Å². The molecule has 0 radical (unpaired) electrons. The van der Waals surface area contributed by atoms with Crippen molar-refractivity contribution in [3.8, 4) is 11.5 Å². The average molecular weight is 452 g/mol. The second kappa shape index (κ2) is 6.35. The summed E-state index contributed by atoms with van der Waals surface area (Å²) < 4.78 is 19.3. The minimum absolute atomic E-state index is 0.0200. The number of ether oxygens (including phenoxy) is 3. The molecule has 0 amide bonds. The first-order valence-electron chi connectivity index (χ1n) is 13.0. The van der Waals surface area contributed by atoms with Crippen molar-refractivity contribution in [3.05, 3.63) is 35.4 Å².